The van der Waals surface area contributed by atoms with Crippen LogP contribution in [0.5, 0.6) is 0 Å². The summed E-state index contributed by atoms with van der Waals surface area (Å²) in [7, 11) is 0. The van der Waals surface area contributed by atoms with Gasteiger partial charge in [0.25, 0.3) is 0 Å². The summed E-state index contributed by atoms with van der Waals surface area (Å²) in [5, 5.41) is 4.70. The van der Waals surface area contributed by atoms with E-state index >= 15 is 0 Å². The molecule has 1 fully saturated rings. The highest BCUT2D eigenvalue weighted by Gasteiger charge is 2.28. The number of fused-ring (bicyclic) bond motifs is 1. The fourth-order valence-electron chi connectivity index (χ4n) is 2.93. The van der Waals surface area contributed by atoms with E-state index in [4.69, 9.17) is 10.8 Å². The summed E-state index contributed by atoms with van der Waals surface area (Å²) in [5.41, 5.74) is 8.28. The zero-order chi connectivity index (χ0) is 15.2. The van der Waals surface area contributed by atoms with Gasteiger partial charge < -0.3 is 10.6 Å². The Bertz CT molecular complexity index is 638. The highest BCUT2D eigenvalue weighted by molar-refractivity contribution is 5.69. The Hall–Kier alpha value is -1.62. The van der Waals surface area contributed by atoms with Crippen LogP contribution in [0, 0.1) is 5.92 Å². The molecular weight excluding hydrogens is 262 g/mol. The minimum Gasteiger partial charge on any atom is -0.354 e. The molecular formula is C16H25N5. The molecule has 3 heterocycles. The molecule has 2 aromatic heterocycles. The van der Waals surface area contributed by atoms with E-state index in [1.54, 1.807) is 0 Å². The molecule has 0 amide bonds. The van der Waals surface area contributed by atoms with Crippen LogP contribution in [0.1, 0.15) is 39.8 Å². The minimum atomic E-state index is 0.0443. The molecule has 0 aromatic carbocycles. The van der Waals surface area contributed by atoms with Crippen LogP contribution in [0.25, 0.3) is 5.52 Å². The van der Waals surface area contributed by atoms with Gasteiger partial charge in [0, 0.05) is 36.9 Å². The van der Waals surface area contributed by atoms with Gasteiger partial charge in [-0.1, -0.05) is 20.8 Å². The average Bonchev–Trinajstić information content (AvgIpc) is 3.04. The Balaban J connectivity index is 1.98. The van der Waals surface area contributed by atoms with E-state index in [9.17, 15) is 0 Å². The van der Waals surface area contributed by atoms with Crippen molar-refractivity contribution >= 4 is 11.3 Å². The fraction of sp³-hybridized carbons (Fsp3) is 0.625. The van der Waals surface area contributed by atoms with Crippen LogP contribution in [-0.4, -0.2) is 33.7 Å². The van der Waals surface area contributed by atoms with Gasteiger partial charge in [0.15, 0.2) is 5.82 Å². The van der Waals surface area contributed by atoms with Gasteiger partial charge in [-0.15, -0.1) is 0 Å². The van der Waals surface area contributed by atoms with Crippen LogP contribution in [0.15, 0.2) is 18.5 Å². The van der Waals surface area contributed by atoms with Gasteiger partial charge in [-0.2, -0.15) is 5.10 Å². The molecule has 0 aliphatic carbocycles. The van der Waals surface area contributed by atoms with Crippen LogP contribution in [-0.2, 0) is 5.41 Å². The first kappa shape index (κ1) is 14.3. The van der Waals surface area contributed by atoms with Crippen molar-refractivity contribution < 1.29 is 0 Å². The normalized spacial score (nSPS) is 21.2. The molecule has 0 radical (unpaired) electrons. The van der Waals surface area contributed by atoms with Gasteiger partial charge in [0.1, 0.15) is 5.52 Å². The molecule has 0 saturated carbocycles. The number of aromatic nitrogens is 3. The molecule has 2 atom stereocenters. The first-order valence-corrected chi connectivity index (χ1v) is 7.71. The molecule has 0 spiro atoms. The third kappa shape index (κ3) is 2.62. The summed E-state index contributed by atoms with van der Waals surface area (Å²) in [5.74, 6) is 1.58. The lowest BCUT2D eigenvalue weighted by atomic mass is 9.92. The fourth-order valence-corrected chi connectivity index (χ4v) is 2.93. The van der Waals surface area contributed by atoms with E-state index in [1.807, 2.05) is 16.9 Å². The molecule has 0 bridgehead atoms. The van der Waals surface area contributed by atoms with Gasteiger partial charge in [0.2, 0.25) is 0 Å². The smallest absolute Gasteiger partial charge is 0.154 e. The Kier molecular flexibility index (Phi) is 3.40. The largest absolute Gasteiger partial charge is 0.354 e. The van der Waals surface area contributed by atoms with E-state index < -0.39 is 0 Å². The molecule has 1 saturated heterocycles. The second-order valence-electron chi connectivity index (χ2n) is 7.21. The SMILES string of the molecule is CC(N)C1CCN(c2nccn3nc(C(C)(C)C)cc23)C1. The maximum absolute atomic E-state index is 6.05. The van der Waals surface area contributed by atoms with E-state index in [1.165, 1.54) is 0 Å². The van der Waals surface area contributed by atoms with Crippen molar-refractivity contribution in [3.63, 3.8) is 0 Å². The summed E-state index contributed by atoms with van der Waals surface area (Å²) in [6, 6.07) is 2.41. The second kappa shape index (κ2) is 4.98. The van der Waals surface area contributed by atoms with Gasteiger partial charge in [-0.05, 0) is 25.3 Å². The monoisotopic (exact) mass is 287 g/mol. The summed E-state index contributed by atoms with van der Waals surface area (Å²) in [6.45, 7) is 10.7. The third-order valence-corrected chi connectivity index (χ3v) is 4.41. The van der Waals surface area contributed by atoms with Crippen molar-refractivity contribution in [2.75, 3.05) is 18.0 Å². The van der Waals surface area contributed by atoms with Crippen molar-refractivity contribution in [3.05, 3.63) is 24.2 Å². The van der Waals surface area contributed by atoms with Crippen molar-refractivity contribution in [3.8, 4) is 0 Å². The van der Waals surface area contributed by atoms with Crippen molar-refractivity contribution in [2.24, 2.45) is 11.7 Å². The minimum absolute atomic E-state index is 0.0443. The quantitative estimate of drug-likeness (QED) is 0.920. The maximum Gasteiger partial charge on any atom is 0.154 e. The molecule has 2 aromatic rings. The lowest BCUT2D eigenvalue weighted by molar-refractivity contribution is 0.488. The van der Waals surface area contributed by atoms with E-state index in [-0.39, 0.29) is 11.5 Å². The van der Waals surface area contributed by atoms with Crippen LogP contribution in [0.4, 0.5) is 5.82 Å². The first-order chi connectivity index (χ1) is 9.86. The number of nitrogens with zero attached hydrogens (tertiary/aromatic N) is 4. The van der Waals surface area contributed by atoms with E-state index in [2.05, 4.69) is 43.6 Å². The lowest BCUT2D eigenvalue weighted by Gasteiger charge is -2.19. The molecule has 114 valence electrons. The van der Waals surface area contributed by atoms with Crippen molar-refractivity contribution in [1.82, 2.24) is 14.6 Å². The Morgan fingerprint density at radius 3 is 2.76 bits per heavy atom. The second-order valence-corrected chi connectivity index (χ2v) is 7.21. The van der Waals surface area contributed by atoms with Crippen LogP contribution >= 0.6 is 0 Å². The molecule has 1 aliphatic rings. The molecule has 21 heavy (non-hydrogen) atoms. The van der Waals surface area contributed by atoms with Crippen LogP contribution < -0.4 is 10.6 Å². The van der Waals surface area contributed by atoms with E-state index in [0.29, 0.717) is 5.92 Å². The maximum atomic E-state index is 6.05. The highest BCUT2D eigenvalue weighted by Crippen LogP contribution is 2.29. The van der Waals surface area contributed by atoms with Crippen molar-refractivity contribution in [1.29, 1.82) is 0 Å². The van der Waals surface area contributed by atoms with Gasteiger partial charge >= 0.3 is 0 Å². The number of hydrogen-bond donors (Lipinski definition) is 1. The average molecular weight is 287 g/mol. The molecule has 2 N–H and O–H groups in total. The van der Waals surface area contributed by atoms with E-state index in [0.717, 1.165) is 36.5 Å². The lowest BCUT2D eigenvalue weighted by Crippen LogP contribution is -2.30. The number of rotatable bonds is 2. The summed E-state index contributed by atoms with van der Waals surface area (Å²) in [6.07, 6.45) is 4.90. The standard InChI is InChI=1S/C16H25N5/c1-11(17)12-5-7-20(10-12)15-13-9-14(16(2,3)4)19-21(13)8-6-18-15/h6,8-9,11-12H,5,7,10,17H2,1-4H3. The summed E-state index contributed by atoms with van der Waals surface area (Å²) < 4.78 is 1.95. The molecule has 1 aliphatic heterocycles. The zero-order valence-corrected chi connectivity index (χ0v) is 13.4. The number of nitrogens with two attached hydrogens (primary N) is 1. The zero-order valence-electron chi connectivity index (χ0n) is 13.4. The number of hydrogen-bond acceptors (Lipinski definition) is 4. The Morgan fingerprint density at radius 1 is 1.38 bits per heavy atom. The molecule has 3 rings (SSSR count). The predicted octanol–water partition coefficient (Wildman–Crippen LogP) is 2.20. The van der Waals surface area contributed by atoms with Crippen LogP contribution in [0.3, 0.4) is 0 Å². The molecule has 5 heteroatoms. The highest BCUT2D eigenvalue weighted by atomic mass is 15.3. The summed E-state index contributed by atoms with van der Waals surface area (Å²) in [4.78, 5) is 6.95. The van der Waals surface area contributed by atoms with Gasteiger partial charge in [0.05, 0.1) is 5.69 Å². The van der Waals surface area contributed by atoms with Gasteiger partial charge in [-0.3, -0.25) is 0 Å². The molecule has 5 nitrogen and oxygen atoms in total. The summed E-state index contributed by atoms with van der Waals surface area (Å²) >= 11 is 0. The van der Waals surface area contributed by atoms with Gasteiger partial charge in [-0.25, -0.2) is 9.50 Å². The van der Waals surface area contributed by atoms with Crippen molar-refractivity contribution in [2.45, 2.75) is 45.6 Å². The topological polar surface area (TPSA) is 59.5 Å². The van der Waals surface area contributed by atoms with Crippen LogP contribution in [0.2, 0.25) is 0 Å². The predicted molar refractivity (Wildman–Crippen MR) is 85.7 cm³/mol. The Labute approximate surface area is 126 Å². The third-order valence-electron chi connectivity index (χ3n) is 4.41. The Morgan fingerprint density at radius 2 is 2.14 bits per heavy atom. The first-order valence-electron chi connectivity index (χ1n) is 7.71. The molecule has 2 unspecified atom stereocenters. The number of anilines is 1.